The molecule has 0 heterocycles. The number of hydrogen-bond donors (Lipinski definition) is 0. The Kier molecular flexibility index (Phi) is 10.8. The Labute approximate surface area is 138 Å². The van der Waals surface area contributed by atoms with Gasteiger partial charge in [0.1, 0.15) is 0 Å². The molecule has 3 heteroatoms. The first-order chi connectivity index (χ1) is 10.2. The Morgan fingerprint density at radius 3 is 1.91 bits per heavy atom. The van der Waals surface area contributed by atoms with Gasteiger partial charge in [-0.25, -0.2) is 0 Å². The van der Waals surface area contributed by atoms with E-state index in [0.717, 1.165) is 45.3 Å². The summed E-state index contributed by atoms with van der Waals surface area (Å²) in [5.41, 5.74) is 0.0789. The second-order valence-electron chi connectivity index (χ2n) is 8.05. The van der Waals surface area contributed by atoms with Gasteiger partial charge in [0.15, 0.2) is 0 Å². The normalized spacial score (nSPS) is 12.5. The van der Waals surface area contributed by atoms with E-state index in [4.69, 9.17) is 9.47 Å². The molecule has 0 aromatic rings. The van der Waals surface area contributed by atoms with Gasteiger partial charge in [-0.1, -0.05) is 40.0 Å². The number of ether oxygens (including phenoxy) is 2. The highest BCUT2D eigenvalue weighted by Gasteiger charge is 2.28. The summed E-state index contributed by atoms with van der Waals surface area (Å²) in [5.74, 6) is -0.0786. The minimum atomic E-state index is -0.357. The molecule has 0 saturated heterocycles. The molecule has 0 unspecified atom stereocenters. The number of esters is 1. The standard InChI is InChI=1S/C19H38O3/c1-7-22-17(20)19(5,6)14-9-8-11-15-21-16-12-10-13-18(2,3)4/h7-16H2,1-6H3. The van der Waals surface area contributed by atoms with Crippen LogP contribution in [0.3, 0.4) is 0 Å². The van der Waals surface area contributed by atoms with Gasteiger partial charge in [0.2, 0.25) is 0 Å². The van der Waals surface area contributed by atoms with Crippen LogP contribution in [0.1, 0.15) is 86.5 Å². The molecule has 0 aliphatic rings. The molecule has 0 amide bonds. The van der Waals surface area contributed by atoms with E-state index in [1.165, 1.54) is 12.8 Å². The maximum absolute atomic E-state index is 11.8. The molecular weight excluding hydrogens is 276 g/mol. The van der Waals surface area contributed by atoms with Crippen molar-refractivity contribution in [2.24, 2.45) is 10.8 Å². The van der Waals surface area contributed by atoms with Crippen LogP contribution >= 0.6 is 0 Å². The van der Waals surface area contributed by atoms with Gasteiger partial charge in [-0.3, -0.25) is 4.79 Å². The third kappa shape index (κ3) is 12.0. The van der Waals surface area contributed by atoms with Gasteiger partial charge in [0.25, 0.3) is 0 Å². The zero-order valence-corrected chi connectivity index (χ0v) is 15.8. The van der Waals surface area contributed by atoms with Gasteiger partial charge in [0.05, 0.1) is 12.0 Å². The summed E-state index contributed by atoms with van der Waals surface area (Å²) in [7, 11) is 0. The fourth-order valence-electron chi connectivity index (χ4n) is 2.34. The fourth-order valence-corrected chi connectivity index (χ4v) is 2.34. The second-order valence-corrected chi connectivity index (χ2v) is 8.05. The van der Waals surface area contributed by atoms with E-state index in [9.17, 15) is 4.79 Å². The van der Waals surface area contributed by atoms with E-state index >= 15 is 0 Å². The molecule has 0 aliphatic carbocycles. The van der Waals surface area contributed by atoms with Crippen molar-refractivity contribution in [2.75, 3.05) is 19.8 Å². The van der Waals surface area contributed by atoms with Crippen molar-refractivity contribution in [3.8, 4) is 0 Å². The smallest absolute Gasteiger partial charge is 0.311 e. The molecule has 0 aromatic heterocycles. The molecule has 132 valence electrons. The van der Waals surface area contributed by atoms with Gasteiger partial charge in [-0.15, -0.1) is 0 Å². The number of unbranched alkanes of at least 4 members (excludes halogenated alkanes) is 3. The van der Waals surface area contributed by atoms with Crippen LogP contribution in [-0.4, -0.2) is 25.8 Å². The summed E-state index contributed by atoms with van der Waals surface area (Å²) < 4.78 is 10.8. The quantitative estimate of drug-likeness (QED) is 0.359. The van der Waals surface area contributed by atoms with E-state index < -0.39 is 0 Å². The lowest BCUT2D eigenvalue weighted by molar-refractivity contribution is -0.153. The van der Waals surface area contributed by atoms with Crippen molar-refractivity contribution >= 4 is 5.97 Å². The molecule has 0 aromatic carbocycles. The highest BCUT2D eigenvalue weighted by Crippen LogP contribution is 2.25. The van der Waals surface area contributed by atoms with Gasteiger partial charge in [-0.2, -0.15) is 0 Å². The molecule has 0 atom stereocenters. The summed E-state index contributed by atoms with van der Waals surface area (Å²) in [5, 5.41) is 0. The first-order valence-electron chi connectivity index (χ1n) is 8.94. The Morgan fingerprint density at radius 1 is 0.818 bits per heavy atom. The molecule has 0 aliphatic heterocycles. The van der Waals surface area contributed by atoms with Gasteiger partial charge >= 0.3 is 5.97 Å². The molecule has 0 bridgehead atoms. The van der Waals surface area contributed by atoms with Crippen molar-refractivity contribution < 1.29 is 14.3 Å². The zero-order valence-electron chi connectivity index (χ0n) is 15.8. The van der Waals surface area contributed by atoms with E-state index in [1.807, 2.05) is 20.8 Å². The topological polar surface area (TPSA) is 35.5 Å². The number of carbonyl (C=O) groups is 1. The lowest BCUT2D eigenvalue weighted by atomic mass is 9.87. The van der Waals surface area contributed by atoms with Crippen molar-refractivity contribution in [1.82, 2.24) is 0 Å². The van der Waals surface area contributed by atoms with Crippen LogP contribution in [0.15, 0.2) is 0 Å². The first-order valence-corrected chi connectivity index (χ1v) is 8.94. The maximum atomic E-state index is 11.8. The van der Waals surface area contributed by atoms with Crippen LogP contribution in [-0.2, 0) is 14.3 Å². The van der Waals surface area contributed by atoms with E-state index in [1.54, 1.807) is 0 Å². The van der Waals surface area contributed by atoms with Crippen LogP contribution in [0, 0.1) is 10.8 Å². The molecule has 0 spiro atoms. The Hall–Kier alpha value is -0.570. The van der Waals surface area contributed by atoms with Crippen LogP contribution < -0.4 is 0 Å². The van der Waals surface area contributed by atoms with E-state index in [-0.39, 0.29) is 11.4 Å². The van der Waals surface area contributed by atoms with E-state index in [0.29, 0.717) is 12.0 Å². The van der Waals surface area contributed by atoms with Gasteiger partial charge in [0, 0.05) is 13.2 Å². The predicted octanol–water partition coefficient (Wildman–Crippen LogP) is 5.37. The van der Waals surface area contributed by atoms with E-state index in [2.05, 4.69) is 20.8 Å². The summed E-state index contributed by atoms with van der Waals surface area (Å²) in [4.78, 5) is 11.8. The van der Waals surface area contributed by atoms with Gasteiger partial charge < -0.3 is 9.47 Å². The second kappa shape index (κ2) is 11.0. The number of carbonyl (C=O) groups excluding carboxylic acids is 1. The minimum absolute atomic E-state index is 0.0786. The predicted molar refractivity (Wildman–Crippen MR) is 93.0 cm³/mol. The van der Waals surface area contributed by atoms with Crippen molar-refractivity contribution in [3.63, 3.8) is 0 Å². The third-order valence-corrected chi connectivity index (χ3v) is 3.88. The van der Waals surface area contributed by atoms with Gasteiger partial charge in [-0.05, 0) is 51.9 Å². The molecular formula is C19H38O3. The zero-order chi connectivity index (χ0) is 17.1. The van der Waals surface area contributed by atoms with Crippen molar-refractivity contribution in [3.05, 3.63) is 0 Å². The molecule has 0 N–H and O–H groups in total. The Bertz CT molecular complexity index is 290. The molecule has 0 saturated carbocycles. The molecule has 0 rings (SSSR count). The average molecular weight is 315 g/mol. The largest absolute Gasteiger partial charge is 0.466 e. The summed E-state index contributed by atoms with van der Waals surface area (Å²) in [6.07, 6.45) is 7.81. The lowest BCUT2D eigenvalue weighted by Gasteiger charge is -2.21. The van der Waals surface area contributed by atoms with Crippen LogP contribution in [0.4, 0.5) is 0 Å². The molecule has 0 fully saturated rings. The SMILES string of the molecule is CCOC(=O)C(C)(C)CCCCCOCCCCC(C)(C)C. The van der Waals surface area contributed by atoms with Crippen molar-refractivity contribution in [2.45, 2.75) is 86.5 Å². The fraction of sp³-hybridized carbons (Fsp3) is 0.947. The minimum Gasteiger partial charge on any atom is -0.466 e. The van der Waals surface area contributed by atoms with Crippen LogP contribution in [0.2, 0.25) is 0 Å². The Balaban J connectivity index is 3.45. The number of hydrogen-bond acceptors (Lipinski definition) is 3. The summed E-state index contributed by atoms with van der Waals surface area (Å²) >= 11 is 0. The first kappa shape index (κ1) is 21.4. The molecule has 0 radical (unpaired) electrons. The highest BCUT2D eigenvalue weighted by molar-refractivity contribution is 5.75. The highest BCUT2D eigenvalue weighted by atomic mass is 16.5. The average Bonchev–Trinajstić information content (AvgIpc) is 2.40. The molecule has 22 heavy (non-hydrogen) atoms. The summed E-state index contributed by atoms with van der Waals surface area (Å²) in [6, 6.07) is 0. The van der Waals surface area contributed by atoms with Crippen LogP contribution in [0.5, 0.6) is 0 Å². The molecule has 3 nitrogen and oxygen atoms in total. The van der Waals surface area contributed by atoms with Crippen molar-refractivity contribution in [1.29, 1.82) is 0 Å². The number of rotatable bonds is 12. The lowest BCUT2D eigenvalue weighted by Crippen LogP contribution is -2.26. The maximum Gasteiger partial charge on any atom is 0.311 e. The van der Waals surface area contributed by atoms with Crippen LogP contribution in [0.25, 0.3) is 0 Å². The third-order valence-electron chi connectivity index (χ3n) is 3.88. The summed E-state index contributed by atoms with van der Waals surface area (Å²) in [6.45, 7) is 14.8. The monoisotopic (exact) mass is 314 g/mol. The Morgan fingerprint density at radius 2 is 1.36 bits per heavy atom.